The van der Waals surface area contributed by atoms with Crippen molar-refractivity contribution in [3.8, 4) is 0 Å². The monoisotopic (exact) mass is 267 g/mol. The van der Waals surface area contributed by atoms with Gasteiger partial charge >= 0.3 is 0 Å². The highest BCUT2D eigenvalue weighted by Crippen LogP contribution is 2.14. The molecule has 0 aliphatic heterocycles. The van der Waals surface area contributed by atoms with Crippen LogP contribution in [0.4, 0.5) is 10.1 Å². The predicted molar refractivity (Wildman–Crippen MR) is 75.5 cm³/mol. The maximum atomic E-state index is 13.0. The molecule has 0 heterocycles. The van der Waals surface area contributed by atoms with Crippen LogP contribution >= 0.6 is 0 Å². The molecule has 19 heavy (non-hydrogen) atoms. The van der Waals surface area contributed by atoms with E-state index < -0.39 is 5.82 Å². The molecule has 1 unspecified atom stereocenters. The molecule has 0 saturated carbocycles. The second kappa shape index (κ2) is 6.52. The highest BCUT2D eigenvalue weighted by atomic mass is 19.1. The van der Waals surface area contributed by atoms with Crippen molar-refractivity contribution >= 4 is 11.6 Å². The van der Waals surface area contributed by atoms with E-state index in [4.69, 9.17) is 5.73 Å². The molecule has 0 spiro atoms. The first-order valence-electron chi connectivity index (χ1n) is 6.32. The lowest BCUT2D eigenvalue weighted by molar-refractivity contribution is 0.0917. The molecular weight excluding hydrogens is 245 g/mol. The number of benzene rings is 1. The zero-order valence-electron chi connectivity index (χ0n) is 11.9. The van der Waals surface area contributed by atoms with Gasteiger partial charge in [0.15, 0.2) is 0 Å². The van der Waals surface area contributed by atoms with Crippen molar-refractivity contribution in [1.82, 2.24) is 10.2 Å². The number of hydrogen-bond acceptors (Lipinski definition) is 3. The molecule has 106 valence electrons. The number of likely N-dealkylation sites (N-methyl/N-ethyl adjacent to an activating group) is 1. The van der Waals surface area contributed by atoms with Crippen molar-refractivity contribution in [2.24, 2.45) is 5.92 Å². The van der Waals surface area contributed by atoms with Gasteiger partial charge in [0.1, 0.15) is 5.82 Å². The average molecular weight is 267 g/mol. The molecule has 0 radical (unpaired) electrons. The third kappa shape index (κ3) is 4.52. The van der Waals surface area contributed by atoms with Gasteiger partial charge in [-0.05, 0) is 38.2 Å². The SMILES string of the molecule is CC(C)C(CN(C)C)NC(=O)c1ccc(F)cc1N. The standard InChI is InChI=1S/C14H22FN3O/c1-9(2)13(8-18(3)4)17-14(19)11-6-5-10(15)7-12(11)16/h5-7,9,13H,8,16H2,1-4H3,(H,17,19). The summed E-state index contributed by atoms with van der Waals surface area (Å²) in [4.78, 5) is 14.2. The van der Waals surface area contributed by atoms with Crippen LogP contribution in [0.3, 0.4) is 0 Å². The second-order valence-electron chi connectivity index (χ2n) is 5.32. The van der Waals surface area contributed by atoms with E-state index >= 15 is 0 Å². The van der Waals surface area contributed by atoms with Crippen molar-refractivity contribution in [2.75, 3.05) is 26.4 Å². The van der Waals surface area contributed by atoms with Gasteiger partial charge in [0.25, 0.3) is 5.91 Å². The Labute approximate surface area is 113 Å². The van der Waals surface area contributed by atoms with E-state index in [-0.39, 0.29) is 17.6 Å². The number of anilines is 1. The Bertz CT molecular complexity index is 446. The van der Waals surface area contributed by atoms with Crippen LogP contribution in [0.5, 0.6) is 0 Å². The fourth-order valence-electron chi connectivity index (χ4n) is 1.80. The summed E-state index contributed by atoms with van der Waals surface area (Å²) in [5.41, 5.74) is 6.13. The highest BCUT2D eigenvalue weighted by Gasteiger charge is 2.19. The lowest BCUT2D eigenvalue weighted by atomic mass is 10.0. The van der Waals surface area contributed by atoms with Crippen LogP contribution in [0.1, 0.15) is 24.2 Å². The van der Waals surface area contributed by atoms with Gasteiger partial charge in [0.05, 0.1) is 5.56 Å². The summed E-state index contributed by atoms with van der Waals surface area (Å²) >= 11 is 0. The number of hydrogen-bond donors (Lipinski definition) is 2. The Morgan fingerprint density at radius 3 is 2.53 bits per heavy atom. The Hall–Kier alpha value is -1.62. The van der Waals surface area contributed by atoms with Gasteiger partial charge in [0, 0.05) is 18.3 Å². The van der Waals surface area contributed by atoms with Crippen LogP contribution in [0.15, 0.2) is 18.2 Å². The first kappa shape index (κ1) is 15.4. The topological polar surface area (TPSA) is 58.4 Å². The Balaban J connectivity index is 2.81. The van der Waals surface area contributed by atoms with Crippen molar-refractivity contribution in [2.45, 2.75) is 19.9 Å². The highest BCUT2D eigenvalue weighted by molar-refractivity contribution is 5.99. The summed E-state index contributed by atoms with van der Waals surface area (Å²) in [7, 11) is 3.90. The number of halogens is 1. The molecule has 4 nitrogen and oxygen atoms in total. The molecule has 0 saturated heterocycles. The molecule has 1 aromatic carbocycles. The quantitative estimate of drug-likeness (QED) is 0.799. The van der Waals surface area contributed by atoms with Crippen molar-refractivity contribution in [3.05, 3.63) is 29.6 Å². The van der Waals surface area contributed by atoms with Gasteiger partial charge in [-0.25, -0.2) is 4.39 Å². The summed E-state index contributed by atoms with van der Waals surface area (Å²) in [5, 5.41) is 2.94. The van der Waals surface area contributed by atoms with Gasteiger partial charge in [-0.2, -0.15) is 0 Å². The van der Waals surface area contributed by atoms with Crippen LogP contribution < -0.4 is 11.1 Å². The molecular formula is C14H22FN3O. The molecule has 1 amide bonds. The summed E-state index contributed by atoms with van der Waals surface area (Å²) in [5.74, 6) is -0.408. The summed E-state index contributed by atoms with van der Waals surface area (Å²) in [6, 6.07) is 3.83. The number of nitrogens with zero attached hydrogens (tertiary/aromatic N) is 1. The molecule has 1 rings (SSSR count). The minimum absolute atomic E-state index is 0.0203. The molecule has 0 fully saturated rings. The zero-order valence-corrected chi connectivity index (χ0v) is 11.9. The van der Waals surface area contributed by atoms with Crippen molar-refractivity contribution < 1.29 is 9.18 Å². The fraction of sp³-hybridized carbons (Fsp3) is 0.500. The Kier molecular flexibility index (Phi) is 5.30. The zero-order chi connectivity index (χ0) is 14.6. The van der Waals surface area contributed by atoms with E-state index in [0.29, 0.717) is 11.5 Å². The predicted octanol–water partition coefficient (Wildman–Crippen LogP) is 1.72. The van der Waals surface area contributed by atoms with Crippen LogP contribution in [0.25, 0.3) is 0 Å². The first-order chi connectivity index (χ1) is 8.81. The van der Waals surface area contributed by atoms with E-state index in [1.807, 2.05) is 32.8 Å². The normalized spacial score (nSPS) is 12.8. The first-order valence-corrected chi connectivity index (χ1v) is 6.32. The Morgan fingerprint density at radius 1 is 1.42 bits per heavy atom. The minimum Gasteiger partial charge on any atom is -0.398 e. The van der Waals surface area contributed by atoms with Gasteiger partial charge in [0.2, 0.25) is 0 Å². The summed E-state index contributed by atoms with van der Waals surface area (Å²) in [6.45, 7) is 4.83. The van der Waals surface area contributed by atoms with E-state index in [9.17, 15) is 9.18 Å². The lowest BCUT2D eigenvalue weighted by Gasteiger charge is -2.25. The van der Waals surface area contributed by atoms with Crippen LogP contribution in [0, 0.1) is 11.7 Å². The average Bonchev–Trinajstić information content (AvgIpc) is 2.26. The number of amides is 1. The number of nitrogens with two attached hydrogens (primary N) is 1. The molecule has 1 atom stereocenters. The maximum absolute atomic E-state index is 13.0. The third-order valence-electron chi connectivity index (χ3n) is 2.94. The molecule has 0 aliphatic rings. The van der Waals surface area contributed by atoms with E-state index in [1.54, 1.807) is 0 Å². The number of carbonyl (C=O) groups is 1. The second-order valence-corrected chi connectivity index (χ2v) is 5.32. The number of rotatable bonds is 5. The molecule has 0 bridgehead atoms. The van der Waals surface area contributed by atoms with Crippen molar-refractivity contribution in [1.29, 1.82) is 0 Å². The minimum atomic E-state index is -0.442. The maximum Gasteiger partial charge on any atom is 0.253 e. The molecule has 0 aromatic heterocycles. The van der Waals surface area contributed by atoms with E-state index in [1.165, 1.54) is 12.1 Å². The number of nitrogen functional groups attached to an aromatic ring is 1. The molecule has 0 aliphatic carbocycles. The van der Waals surface area contributed by atoms with E-state index in [2.05, 4.69) is 5.32 Å². The molecule has 1 aromatic rings. The van der Waals surface area contributed by atoms with Crippen LogP contribution in [-0.2, 0) is 0 Å². The lowest BCUT2D eigenvalue weighted by Crippen LogP contribution is -2.45. The number of carbonyl (C=O) groups excluding carboxylic acids is 1. The molecule has 3 N–H and O–H groups in total. The van der Waals surface area contributed by atoms with Gasteiger partial charge in [-0.15, -0.1) is 0 Å². The summed E-state index contributed by atoms with van der Waals surface area (Å²) in [6.07, 6.45) is 0. The molecule has 5 heteroatoms. The van der Waals surface area contributed by atoms with Crippen molar-refractivity contribution in [3.63, 3.8) is 0 Å². The Morgan fingerprint density at radius 2 is 2.05 bits per heavy atom. The fourth-order valence-corrected chi connectivity index (χ4v) is 1.80. The van der Waals surface area contributed by atoms with Gasteiger partial charge in [-0.3, -0.25) is 4.79 Å². The smallest absolute Gasteiger partial charge is 0.253 e. The largest absolute Gasteiger partial charge is 0.398 e. The van der Waals surface area contributed by atoms with Gasteiger partial charge in [-0.1, -0.05) is 13.8 Å². The van der Waals surface area contributed by atoms with Crippen LogP contribution in [0.2, 0.25) is 0 Å². The third-order valence-corrected chi connectivity index (χ3v) is 2.94. The van der Waals surface area contributed by atoms with Crippen LogP contribution in [-0.4, -0.2) is 37.5 Å². The van der Waals surface area contributed by atoms with Gasteiger partial charge < -0.3 is 16.0 Å². The number of nitrogens with one attached hydrogen (secondary N) is 1. The summed E-state index contributed by atoms with van der Waals surface area (Å²) < 4.78 is 13.0. The van der Waals surface area contributed by atoms with E-state index in [0.717, 1.165) is 12.6 Å².